The van der Waals surface area contributed by atoms with Crippen molar-refractivity contribution in [3.63, 3.8) is 0 Å². The molecule has 2 N–H and O–H groups in total. The van der Waals surface area contributed by atoms with Gasteiger partial charge in [-0.2, -0.15) is 0 Å². The molecule has 4 nitrogen and oxygen atoms in total. The van der Waals surface area contributed by atoms with Gasteiger partial charge >= 0.3 is 0 Å². The number of benzene rings is 1. The van der Waals surface area contributed by atoms with Crippen molar-refractivity contribution in [1.82, 2.24) is 0 Å². The summed E-state index contributed by atoms with van der Waals surface area (Å²) >= 11 is 13.5. The summed E-state index contributed by atoms with van der Waals surface area (Å²) in [6.45, 7) is 1.12. The maximum absolute atomic E-state index is 12.1. The highest BCUT2D eigenvalue weighted by Gasteiger charge is 2.12. The fourth-order valence-corrected chi connectivity index (χ4v) is 3.49. The summed E-state index contributed by atoms with van der Waals surface area (Å²) in [5.41, 5.74) is 0.655. The zero-order valence-corrected chi connectivity index (χ0v) is 14.6. The van der Waals surface area contributed by atoms with E-state index in [2.05, 4.69) is 5.32 Å². The van der Waals surface area contributed by atoms with Crippen molar-refractivity contribution >= 4 is 46.1 Å². The average Bonchev–Trinajstić information content (AvgIpc) is 2.83. The largest absolute Gasteiger partial charge is 0.495 e. The van der Waals surface area contributed by atoms with Gasteiger partial charge in [-0.05, 0) is 30.3 Å². The Balaban J connectivity index is 1.88. The number of nitrogens with one attached hydrogen (secondary N) is 2. The number of likely N-dealkylation sites (N-methyl/N-ethyl adjacent to an activating group) is 1. The minimum absolute atomic E-state index is 0.0682. The predicted octanol–water partition coefficient (Wildman–Crippen LogP) is 2.72. The van der Waals surface area contributed by atoms with Crippen LogP contribution in [0, 0.1) is 0 Å². The molecule has 0 saturated carbocycles. The van der Waals surface area contributed by atoms with Gasteiger partial charge in [0, 0.05) is 5.69 Å². The lowest BCUT2D eigenvalue weighted by atomic mass is 10.3. The van der Waals surface area contributed by atoms with Crippen molar-refractivity contribution in [1.29, 1.82) is 0 Å². The van der Waals surface area contributed by atoms with Crippen LogP contribution in [0.15, 0.2) is 30.3 Å². The first-order chi connectivity index (χ1) is 10.5. The standard InChI is InChI=1S/C15H16Cl2N2O2S/c1-19(8-11-4-6-14(17)22-11)9-15(20)18-10-3-5-13(21-2)12(16)7-10/h3-7H,8-9H2,1-2H3,(H,18,20)/p+1. The van der Waals surface area contributed by atoms with Gasteiger partial charge in [0.1, 0.15) is 12.3 Å². The van der Waals surface area contributed by atoms with Gasteiger partial charge in [0.25, 0.3) is 5.91 Å². The van der Waals surface area contributed by atoms with E-state index in [-0.39, 0.29) is 5.91 Å². The first-order valence-electron chi connectivity index (χ1n) is 6.67. The zero-order valence-electron chi connectivity index (χ0n) is 12.3. The summed E-state index contributed by atoms with van der Waals surface area (Å²) in [7, 11) is 3.52. The van der Waals surface area contributed by atoms with E-state index >= 15 is 0 Å². The number of carbonyl (C=O) groups is 1. The predicted molar refractivity (Wildman–Crippen MR) is 91.4 cm³/mol. The molecular formula is C15H17Cl2N2O2S+. The smallest absolute Gasteiger partial charge is 0.279 e. The summed E-state index contributed by atoms with van der Waals surface area (Å²) in [6.07, 6.45) is 0. The third-order valence-corrected chi connectivity index (χ3v) is 4.53. The van der Waals surface area contributed by atoms with Crippen LogP contribution in [-0.4, -0.2) is 26.6 Å². The summed E-state index contributed by atoms with van der Waals surface area (Å²) in [6, 6.07) is 9.01. The molecule has 1 unspecified atom stereocenters. The van der Waals surface area contributed by atoms with Gasteiger partial charge in [0.05, 0.1) is 28.4 Å². The molecule has 2 rings (SSSR count). The average molecular weight is 360 g/mol. The van der Waals surface area contributed by atoms with Crippen LogP contribution in [0.4, 0.5) is 5.69 Å². The fourth-order valence-electron chi connectivity index (χ4n) is 2.03. The molecular weight excluding hydrogens is 343 g/mol. The van der Waals surface area contributed by atoms with Crippen LogP contribution in [0.25, 0.3) is 0 Å². The first kappa shape index (κ1) is 17.1. The molecule has 22 heavy (non-hydrogen) atoms. The van der Waals surface area contributed by atoms with Crippen LogP contribution < -0.4 is 15.0 Å². The van der Waals surface area contributed by atoms with E-state index < -0.39 is 0 Å². The minimum Gasteiger partial charge on any atom is -0.495 e. The topological polar surface area (TPSA) is 42.8 Å². The van der Waals surface area contributed by atoms with E-state index in [4.69, 9.17) is 27.9 Å². The SMILES string of the molecule is COc1ccc(NC(=O)C[NH+](C)Cc2ccc(Cl)s2)cc1Cl. The minimum atomic E-state index is -0.0682. The molecule has 7 heteroatoms. The molecule has 1 atom stereocenters. The number of thiophene rings is 1. The summed E-state index contributed by atoms with van der Waals surface area (Å²) < 4.78 is 5.84. The highest BCUT2D eigenvalue weighted by Crippen LogP contribution is 2.27. The van der Waals surface area contributed by atoms with Gasteiger partial charge < -0.3 is 15.0 Å². The quantitative estimate of drug-likeness (QED) is 0.832. The molecule has 0 aliphatic carbocycles. The summed E-state index contributed by atoms with van der Waals surface area (Å²) in [5.74, 6) is 0.512. The monoisotopic (exact) mass is 359 g/mol. The molecule has 0 saturated heterocycles. The van der Waals surface area contributed by atoms with Gasteiger partial charge in [-0.15, -0.1) is 11.3 Å². The van der Waals surface area contributed by atoms with Crippen LogP contribution in [0.5, 0.6) is 5.75 Å². The number of ether oxygens (including phenoxy) is 1. The second-order valence-corrected chi connectivity index (χ2v) is 7.12. The van der Waals surface area contributed by atoms with Crippen LogP contribution in [0.2, 0.25) is 9.36 Å². The third-order valence-electron chi connectivity index (χ3n) is 3.00. The van der Waals surface area contributed by atoms with Gasteiger partial charge in [0.2, 0.25) is 0 Å². The van der Waals surface area contributed by atoms with Gasteiger partial charge in [-0.3, -0.25) is 4.79 Å². The fraction of sp³-hybridized carbons (Fsp3) is 0.267. The Hall–Kier alpha value is -1.27. The van der Waals surface area contributed by atoms with Gasteiger partial charge in [-0.1, -0.05) is 23.2 Å². The van der Waals surface area contributed by atoms with Crippen LogP contribution in [0.1, 0.15) is 4.88 Å². The Morgan fingerprint density at radius 1 is 1.32 bits per heavy atom. The lowest BCUT2D eigenvalue weighted by molar-refractivity contribution is -0.884. The van der Waals surface area contributed by atoms with E-state index in [1.54, 1.807) is 25.3 Å². The van der Waals surface area contributed by atoms with Gasteiger partial charge in [0.15, 0.2) is 6.54 Å². The molecule has 1 amide bonds. The van der Waals surface area contributed by atoms with Crippen LogP contribution in [0.3, 0.4) is 0 Å². The molecule has 0 aliphatic heterocycles. The van der Waals surface area contributed by atoms with Crippen LogP contribution in [-0.2, 0) is 11.3 Å². The molecule has 0 spiro atoms. The van der Waals surface area contributed by atoms with E-state index in [0.717, 1.165) is 20.7 Å². The second-order valence-electron chi connectivity index (χ2n) is 4.91. The summed E-state index contributed by atoms with van der Waals surface area (Å²) in [4.78, 5) is 14.3. The first-order valence-corrected chi connectivity index (χ1v) is 8.24. The molecule has 0 fully saturated rings. The normalized spacial score (nSPS) is 12.0. The maximum atomic E-state index is 12.1. The highest BCUT2D eigenvalue weighted by atomic mass is 35.5. The van der Waals surface area contributed by atoms with Crippen LogP contribution >= 0.6 is 34.5 Å². The Morgan fingerprint density at radius 2 is 2.09 bits per heavy atom. The van der Waals surface area contributed by atoms with Crippen molar-refractivity contribution in [3.8, 4) is 5.75 Å². The maximum Gasteiger partial charge on any atom is 0.279 e. The second kappa shape index (κ2) is 7.83. The van der Waals surface area contributed by atoms with E-state index in [9.17, 15) is 4.79 Å². The Kier molecular flexibility index (Phi) is 6.08. The molecule has 0 radical (unpaired) electrons. The lowest BCUT2D eigenvalue weighted by Crippen LogP contribution is -3.08. The molecule has 1 aromatic carbocycles. The molecule has 1 heterocycles. The van der Waals surface area contributed by atoms with E-state index in [1.807, 2.05) is 19.2 Å². The molecule has 0 bridgehead atoms. The van der Waals surface area contributed by atoms with Crippen molar-refractivity contribution in [3.05, 3.63) is 44.6 Å². The Labute approximate surface area is 143 Å². The number of anilines is 1. The number of amides is 1. The van der Waals surface area contributed by atoms with Crippen molar-refractivity contribution in [2.24, 2.45) is 0 Å². The van der Waals surface area contributed by atoms with Crippen molar-refractivity contribution in [2.75, 3.05) is 26.0 Å². The third kappa shape index (κ3) is 4.88. The molecule has 0 aliphatic rings. The lowest BCUT2D eigenvalue weighted by Gasteiger charge is -2.13. The Morgan fingerprint density at radius 3 is 2.68 bits per heavy atom. The highest BCUT2D eigenvalue weighted by molar-refractivity contribution is 7.16. The summed E-state index contributed by atoms with van der Waals surface area (Å²) in [5, 5.41) is 3.30. The molecule has 1 aromatic heterocycles. The number of carbonyl (C=O) groups excluding carboxylic acids is 1. The van der Waals surface area contributed by atoms with Crippen molar-refractivity contribution < 1.29 is 14.4 Å². The molecule has 2 aromatic rings. The van der Waals surface area contributed by atoms with Gasteiger partial charge in [-0.25, -0.2) is 0 Å². The van der Waals surface area contributed by atoms with E-state index in [0.29, 0.717) is 23.0 Å². The number of hydrogen-bond donors (Lipinski definition) is 2. The van der Waals surface area contributed by atoms with E-state index in [1.165, 1.54) is 11.3 Å². The number of halogens is 2. The molecule has 118 valence electrons. The Bertz CT molecular complexity index is 661. The number of quaternary nitrogens is 1. The number of hydrogen-bond acceptors (Lipinski definition) is 3. The number of rotatable bonds is 6. The van der Waals surface area contributed by atoms with Crippen molar-refractivity contribution in [2.45, 2.75) is 6.54 Å². The number of methoxy groups -OCH3 is 1. The zero-order chi connectivity index (χ0) is 16.1.